The summed E-state index contributed by atoms with van der Waals surface area (Å²) in [6, 6.07) is 0. The lowest BCUT2D eigenvalue weighted by molar-refractivity contribution is -0.255. The van der Waals surface area contributed by atoms with Crippen LogP contribution in [-0.4, -0.2) is 21.9 Å². The summed E-state index contributed by atoms with van der Waals surface area (Å²) in [5.41, 5.74) is 4.05. The maximum atomic E-state index is 11.8. The fourth-order valence-corrected chi connectivity index (χ4v) is 0.860. The van der Waals surface area contributed by atoms with Crippen LogP contribution in [0.4, 0.5) is 18.9 Å². The molecule has 1 aromatic heterocycles. The number of anilines is 1. The minimum absolute atomic E-state index is 0.353. The molecule has 0 fully saturated rings. The Morgan fingerprint density at radius 3 is 2.57 bits per heavy atom. The number of halogens is 3. The van der Waals surface area contributed by atoms with Crippen molar-refractivity contribution in [3.8, 4) is 0 Å². The van der Waals surface area contributed by atoms with Gasteiger partial charge in [-0.3, -0.25) is 4.68 Å². The maximum absolute atomic E-state index is 11.8. The van der Waals surface area contributed by atoms with Crippen LogP contribution in [0.3, 0.4) is 0 Å². The van der Waals surface area contributed by atoms with Crippen molar-refractivity contribution >= 4 is 11.7 Å². The van der Waals surface area contributed by atoms with E-state index < -0.39 is 24.4 Å². The van der Waals surface area contributed by atoms with Crippen LogP contribution in [0.2, 0.25) is 0 Å². The minimum atomic E-state index is -4.47. The largest absolute Gasteiger partial charge is 0.543 e. The topological polar surface area (TPSA) is 84.0 Å². The zero-order valence-electron chi connectivity index (χ0n) is 6.71. The number of nitrogens with zero attached hydrogens (tertiary/aromatic N) is 2. The summed E-state index contributed by atoms with van der Waals surface area (Å²) in [4.78, 5) is 10.3. The van der Waals surface area contributed by atoms with Gasteiger partial charge >= 0.3 is 6.18 Å². The molecule has 5 nitrogen and oxygen atoms in total. The lowest BCUT2D eigenvalue weighted by Crippen LogP contribution is -2.24. The highest BCUT2D eigenvalue weighted by Gasteiger charge is 2.28. The molecule has 0 unspecified atom stereocenters. The molecule has 0 spiro atoms. The molecule has 0 atom stereocenters. The molecule has 0 bridgehead atoms. The van der Waals surface area contributed by atoms with E-state index in [1.54, 1.807) is 0 Å². The Kier molecular flexibility index (Phi) is 2.37. The number of rotatable bonds is 2. The number of carbonyl (C=O) groups excluding carboxylic acids is 1. The number of alkyl halides is 3. The molecular weight excluding hydrogens is 203 g/mol. The van der Waals surface area contributed by atoms with Crippen LogP contribution in [0.1, 0.15) is 10.5 Å². The van der Waals surface area contributed by atoms with Crippen LogP contribution in [0.25, 0.3) is 0 Å². The smallest absolute Gasteiger partial charge is 0.408 e. The monoisotopic (exact) mass is 208 g/mol. The van der Waals surface area contributed by atoms with E-state index in [1.165, 1.54) is 0 Å². The second kappa shape index (κ2) is 3.20. The van der Waals surface area contributed by atoms with Crippen LogP contribution in [0.5, 0.6) is 0 Å². The molecule has 0 radical (unpaired) electrons. The second-order valence-electron chi connectivity index (χ2n) is 2.53. The quantitative estimate of drug-likeness (QED) is 0.702. The molecule has 8 heteroatoms. The molecular formula is C6H5F3N3O2-. The number of hydrogen-bond donors (Lipinski definition) is 1. The molecule has 0 aromatic carbocycles. The molecule has 78 valence electrons. The first-order chi connectivity index (χ1) is 6.29. The highest BCUT2D eigenvalue weighted by atomic mass is 19.4. The number of nitrogens with two attached hydrogens (primary N) is 1. The third kappa shape index (κ3) is 2.38. The van der Waals surface area contributed by atoms with Crippen molar-refractivity contribution in [3.63, 3.8) is 0 Å². The number of carboxylic acid groups (broad SMARTS) is 1. The predicted octanol–water partition coefficient (Wildman–Crippen LogP) is -0.609. The van der Waals surface area contributed by atoms with E-state index in [-0.39, 0.29) is 5.69 Å². The van der Waals surface area contributed by atoms with Crippen LogP contribution in [0.15, 0.2) is 6.20 Å². The zero-order chi connectivity index (χ0) is 10.9. The Balaban J connectivity index is 2.92. The maximum Gasteiger partial charge on any atom is 0.408 e. The minimum Gasteiger partial charge on any atom is -0.543 e. The van der Waals surface area contributed by atoms with E-state index >= 15 is 0 Å². The molecule has 14 heavy (non-hydrogen) atoms. The Morgan fingerprint density at radius 1 is 1.64 bits per heavy atom. The molecule has 0 aliphatic heterocycles. The van der Waals surface area contributed by atoms with Gasteiger partial charge in [0.05, 0.1) is 11.7 Å². The average molecular weight is 208 g/mol. The van der Waals surface area contributed by atoms with Crippen molar-refractivity contribution in [2.75, 3.05) is 5.73 Å². The third-order valence-corrected chi connectivity index (χ3v) is 1.32. The third-order valence-electron chi connectivity index (χ3n) is 1.32. The molecule has 0 aliphatic carbocycles. The lowest BCUT2D eigenvalue weighted by atomic mass is 10.4. The molecule has 1 heterocycles. The summed E-state index contributed by atoms with van der Waals surface area (Å²) in [5.74, 6) is -1.71. The first-order valence-corrected chi connectivity index (χ1v) is 3.40. The molecule has 1 rings (SSSR count). The van der Waals surface area contributed by atoms with Gasteiger partial charge in [0.1, 0.15) is 12.2 Å². The predicted molar refractivity (Wildman–Crippen MR) is 37.0 cm³/mol. The Hall–Kier alpha value is -1.73. The van der Waals surface area contributed by atoms with Crippen molar-refractivity contribution < 1.29 is 23.1 Å². The first-order valence-electron chi connectivity index (χ1n) is 3.40. The fraction of sp³-hybridized carbons (Fsp3) is 0.333. The van der Waals surface area contributed by atoms with E-state index in [0.717, 1.165) is 6.20 Å². The van der Waals surface area contributed by atoms with Crippen LogP contribution >= 0.6 is 0 Å². The van der Waals surface area contributed by atoms with Gasteiger partial charge in [0.2, 0.25) is 0 Å². The van der Waals surface area contributed by atoms with Crippen molar-refractivity contribution in [2.24, 2.45) is 0 Å². The van der Waals surface area contributed by atoms with Gasteiger partial charge in [-0.2, -0.15) is 18.3 Å². The standard InChI is InChI=1S/C6H6F3N3O2/c7-6(8,9)2-12-1-3(10)4(11-12)5(13)14/h1H,2,10H2,(H,13,14)/p-1. The number of nitrogen functional groups attached to an aromatic ring is 1. The summed E-state index contributed by atoms with van der Waals surface area (Å²) in [5, 5.41) is 13.4. The number of carbonyl (C=O) groups is 1. The average Bonchev–Trinajstić information content (AvgIpc) is 2.26. The fourth-order valence-electron chi connectivity index (χ4n) is 0.860. The molecule has 0 amide bonds. The molecule has 0 aliphatic rings. The summed E-state index contributed by atoms with van der Waals surface area (Å²) in [6.07, 6.45) is -3.68. The van der Waals surface area contributed by atoms with E-state index in [4.69, 9.17) is 5.73 Å². The van der Waals surface area contributed by atoms with Crippen molar-refractivity contribution in [1.82, 2.24) is 9.78 Å². The van der Waals surface area contributed by atoms with E-state index in [0.29, 0.717) is 4.68 Å². The SMILES string of the molecule is Nc1cn(CC(F)(F)F)nc1C(=O)[O-]. The highest BCUT2D eigenvalue weighted by molar-refractivity contribution is 5.89. The summed E-state index contributed by atoms with van der Waals surface area (Å²) < 4.78 is 35.9. The molecule has 1 aromatic rings. The van der Waals surface area contributed by atoms with Gasteiger partial charge in [0.25, 0.3) is 0 Å². The van der Waals surface area contributed by atoms with Gasteiger partial charge in [-0.25, -0.2) is 0 Å². The van der Waals surface area contributed by atoms with Crippen LogP contribution in [0, 0.1) is 0 Å². The second-order valence-corrected chi connectivity index (χ2v) is 2.53. The number of carboxylic acids is 1. The lowest BCUT2D eigenvalue weighted by Gasteiger charge is -2.05. The van der Waals surface area contributed by atoms with Crippen LogP contribution in [-0.2, 0) is 6.54 Å². The Labute approximate surface area is 75.9 Å². The van der Waals surface area contributed by atoms with Gasteiger partial charge < -0.3 is 15.6 Å². The van der Waals surface area contributed by atoms with Gasteiger partial charge in [0, 0.05) is 6.20 Å². The molecule has 2 N–H and O–H groups in total. The van der Waals surface area contributed by atoms with Gasteiger partial charge in [-0.05, 0) is 0 Å². The number of aromatic nitrogens is 2. The van der Waals surface area contributed by atoms with Crippen molar-refractivity contribution in [1.29, 1.82) is 0 Å². The van der Waals surface area contributed by atoms with E-state index in [9.17, 15) is 23.1 Å². The van der Waals surface area contributed by atoms with Gasteiger partial charge in [0.15, 0.2) is 0 Å². The Morgan fingerprint density at radius 2 is 2.21 bits per heavy atom. The summed E-state index contributed by atoms with van der Waals surface area (Å²) in [7, 11) is 0. The first kappa shape index (κ1) is 10.4. The summed E-state index contributed by atoms with van der Waals surface area (Å²) >= 11 is 0. The van der Waals surface area contributed by atoms with Crippen molar-refractivity contribution in [3.05, 3.63) is 11.9 Å². The Bertz CT molecular complexity index is 358. The number of aromatic carboxylic acids is 1. The molecule has 0 saturated carbocycles. The molecule has 0 saturated heterocycles. The van der Waals surface area contributed by atoms with Crippen LogP contribution < -0.4 is 10.8 Å². The highest BCUT2D eigenvalue weighted by Crippen LogP contribution is 2.18. The summed E-state index contributed by atoms with van der Waals surface area (Å²) in [6.45, 7) is -1.38. The van der Waals surface area contributed by atoms with E-state index in [2.05, 4.69) is 5.10 Å². The van der Waals surface area contributed by atoms with Gasteiger partial charge in [-0.15, -0.1) is 0 Å². The van der Waals surface area contributed by atoms with Crippen molar-refractivity contribution in [2.45, 2.75) is 12.7 Å². The van der Waals surface area contributed by atoms with E-state index in [1.807, 2.05) is 0 Å². The van der Waals surface area contributed by atoms with Gasteiger partial charge in [-0.1, -0.05) is 0 Å². The zero-order valence-corrected chi connectivity index (χ0v) is 6.71. The normalized spacial score (nSPS) is 11.6. The number of hydrogen-bond acceptors (Lipinski definition) is 4.